The van der Waals surface area contributed by atoms with E-state index in [1.54, 1.807) is 4.57 Å². The zero-order chi connectivity index (χ0) is 22.5. The molecule has 9 heteroatoms. The topological polar surface area (TPSA) is 90.5 Å². The van der Waals surface area contributed by atoms with Crippen LogP contribution in [0, 0.1) is 0 Å². The molecule has 0 bridgehead atoms. The van der Waals surface area contributed by atoms with Gasteiger partial charge in [0.2, 0.25) is 5.28 Å². The van der Waals surface area contributed by atoms with E-state index in [1.165, 1.54) is 10.1 Å². The lowest BCUT2D eigenvalue weighted by molar-refractivity contribution is 0.525. The molecule has 4 rings (SSSR count). The number of aromatic nitrogens is 6. The fourth-order valence-electron chi connectivity index (χ4n) is 3.89. The van der Waals surface area contributed by atoms with Gasteiger partial charge in [0.1, 0.15) is 0 Å². The Hall–Kier alpha value is -3.13. The molecule has 0 amide bonds. The summed E-state index contributed by atoms with van der Waals surface area (Å²) in [6.45, 7) is 3.68. The average Bonchev–Trinajstić information content (AvgIpc) is 3.40. The van der Waals surface area contributed by atoms with Crippen molar-refractivity contribution >= 4 is 22.8 Å². The number of hydrogen-bond acceptors (Lipinski definition) is 4. The summed E-state index contributed by atoms with van der Waals surface area (Å²) in [6.07, 6.45) is 8.00. The van der Waals surface area contributed by atoms with Gasteiger partial charge in [-0.15, -0.1) is 0 Å². The van der Waals surface area contributed by atoms with Crippen LogP contribution in [-0.4, -0.2) is 28.7 Å². The number of rotatable bonds is 10. The number of benzene rings is 1. The van der Waals surface area contributed by atoms with Crippen molar-refractivity contribution in [1.82, 2.24) is 28.7 Å². The molecule has 0 saturated heterocycles. The highest BCUT2D eigenvalue weighted by atomic mass is 35.5. The number of imidazole rings is 2. The summed E-state index contributed by atoms with van der Waals surface area (Å²) in [5, 5.41) is 0.113. The maximum atomic E-state index is 13.1. The molecule has 0 fully saturated rings. The summed E-state index contributed by atoms with van der Waals surface area (Å²) in [7, 11) is 0. The van der Waals surface area contributed by atoms with Gasteiger partial charge in [-0.3, -0.25) is 13.9 Å². The Bertz CT molecular complexity index is 1300. The SMILES string of the molecule is CCCCCn1c(=O)n(CCCc2cn(Cc3ccccc3)cn2)c(=O)c2[nH]c(Cl)nc21. The van der Waals surface area contributed by atoms with Crippen LogP contribution in [-0.2, 0) is 26.1 Å². The van der Waals surface area contributed by atoms with Gasteiger partial charge in [-0.1, -0.05) is 50.1 Å². The molecular weight excluding hydrogens is 428 g/mol. The quantitative estimate of drug-likeness (QED) is 0.293. The fraction of sp³-hybridized carbons (Fsp3) is 0.391. The summed E-state index contributed by atoms with van der Waals surface area (Å²) < 4.78 is 4.88. The minimum Gasteiger partial charge on any atom is -0.333 e. The molecule has 0 aliphatic carbocycles. The highest BCUT2D eigenvalue weighted by Gasteiger charge is 2.16. The van der Waals surface area contributed by atoms with Crippen LogP contribution in [0.3, 0.4) is 0 Å². The number of hydrogen-bond donors (Lipinski definition) is 1. The Morgan fingerprint density at radius 1 is 1.03 bits per heavy atom. The third-order valence-corrected chi connectivity index (χ3v) is 5.71. The Labute approximate surface area is 190 Å². The molecule has 1 N–H and O–H groups in total. The molecule has 0 spiro atoms. The number of aromatic amines is 1. The largest absolute Gasteiger partial charge is 0.333 e. The Kier molecular flexibility index (Phi) is 6.90. The van der Waals surface area contributed by atoms with E-state index in [2.05, 4.69) is 34.0 Å². The Morgan fingerprint density at radius 3 is 2.59 bits per heavy atom. The van der Waals surface area contributed by atoms with Crippen molar-refractivity contribution < 1.29 is 0 Å². The third-order valence-electron chi connectivity index (χ3n) is 5.53. The van der Waals surface area contributed by atoms with Gasteiger partial charge >= 0.3 is 5.69 Å². The predicted octanol–water partition coefficient (Wildman–Crippen LogP) is 3.61. The van der Waals surface area contributed by atoms with E-state index >= 15 is 0 Å². The second-order valence-electron chi connectivity index (χ2n) is 7.95. The zero-order valence-corrected chi connectivity index (χ0v) is 18.9. The maximum absolute atomic E-state index is 13.1. The highest BCUT2D eigenvalue weighted by Crippen LogP contribution is 2.11. The van der Waals surface area contributed by atoms with Crippen LogP contribution in [0.25, 0.3) is 11.2 Å². The Morgan fingerprint density at radius 2 is 1.81 bits per heavy atom. The molecule has 0 saturated carbocycles. The standard InChI is InChI=1S/C23H27ClN6O2/c1-2-3-7-12-29-20-19(26-22(24)27-20)21(31)30(23(29)32)13-8-11-18-15-28(16-25-18)14-17-9-5-4-6-10-17/h4-6,9-10,15-16H,2-3,7-8,11-14H2,1H3,(H,26,27). The van der Waals surface area contributed by atoms with Crippen molar-refractivity contribution in [2.24, 2.45) is 0 Å². The molecule has 4 aromatic rings. The first-order valence-electron chi connectivity index (χ1n) is 11.0. The van der Waals surface area contributed by atoms with Crippen LogP contribution < -0.4 is 11.2 Å². The van der Waals surface area contributed by atoms with E-state index in [-0.39, 0.29) is 22.0 Å². The van der Waals surface area contributed by atoms with Gasteiger partial charge < -0.3 is 9.55 Å². The second kappa shape index (κ2) is 9.99. The van der Waals surface area contributed by atoms with Crippen LogP contribution in [0.4, 0.5) is 0 Å². The van der Waals surface area contributed by atoms with Crippen LogP contribution in [0.1, 0.15) is 43.9 Å². The molecule has 0 unspecified atom stereocenters. The molecule has 3 heterocycles. The first-order chi connectivity index (χ1) is 15.6. The summed E-state index contributed by atoms with van der Waals surface area (Å²) >= 11 is 6.00. The van der Waals surface area contributed by atoms with Gasteiger partial charge in [0, 0.05) is 25.8 Å². The van der Waals surface area contributed by atoms with Crippen molar-refractivity contribution in [2.45, 2.75) is 58.7 Å². The van der Waals surface area contributed by atoms with Crippen LogP contribution >= 0.6 is 11.6 Å². The highest BCUT2D eigenvalue weighted by molar-refractivity contribution is 6.28. The van der Waals surface area contributed by atoms with Crippen LogP contribution in [0.5, 0.6) is 0 Å². The lowest BCUT2D eigenvalue weighted by Crippen LogP contribution is -2.40. The van der Waals surface area contributed by atoms with E-state index in [0.717, 1.165) is 31.5 Å². The first kappa shape index (κ1) is 22.1. The molecule has 0 atom stereocenters. The molecule has 3 aromatic heterocycles. The van der Waals surface area contributed by atoms with Gasteiger partial charge in [0.25, 0.3) is 5.56 Å². The fourth-order valence-corrected chi connectivity index (χ4v) is 4.07. The minimum atomic E-state index is -0.384. The van der Waals surface area contributed by atoms with Crippen molar-refractivity contribution in [3.8, 4) is 0 Å². The number of unbranched alkanes of at least 4 members (excludes halogenated alkanes) is 2. The van der Waals surface area contributed by atoms with Gasteiger partial charge in [-0.25, -0.2) is 9.78 Å². The molecule has 0 aliphatic rings. The summed E-state index contributed by atoms with van der Waals surface area (Å²) in [5.74, 6) is 0. The monoisotopic (exact) mass is 454 g/mol. The molecule has 1 aromatic carbocycles. The molecule has 168 valence electrons. The number of nitrogens with zero attached hydrogens (tertiary/aromatic N) is 5. The number of H-pyrrole nitrogens is 1. The lowest BCUT2D eigenvalue weighted by atomic mass is 10.2. The van der Waals surface area contributed by atoms with E-state index in [4.69, 9.17) is 11.6 Å². The average molecular weight is 455 g/mol. The van der Waals surface area contributed by atoms with Crippen LogP contribution in [0.15, 0.2) is 52.4 Å². The van der Waals surface area contributed by atoms with Crippen LogP contribution in [0.2, 0.25) is 5.28 Å². The number of halogens is 1. The number of fused-ring (bicyclic) bond motifs is 1. The van der Waals surface area contributed by atoms with Crippen molar-refractivity contribution in [3.05, 3.63) is 80.2 Å². The third kappa shape index (κ3) is 4.85. The van der Waals surface area contributed by atoms with E-state index in [9.17, 15) is 9.59 Å². The number of nitrogens with one attached hydrogen (secondary N) is 1. The minimum absolute atomic E-state index is 0.113. The number of aryl methyl sites for hydroxylation is 2. The van der Waals surface area contributed by atoms with Gasteiger partial charge in [0.15, 0.2) is 11.2 Å². The zero-order valence-electron chi connectivity index (χ0n) is 18.1. The van der Waals surface area contributed by atoms with E-state index < -0.39 is 0 Å². The Balaban J connectivity index is 1.48. The summed E-state index contributed by atoms with van der Waals surface area (Å²) in [5.41, 5.74) is 2.03. The van der Waals surface area contributed by atoms with Gasteiger partial charge in [-0.05, 0) is 36.4 Å². The summed E-state index contributed by atoms with van der Waals surface area (Å²) in [6, 6.07) is 10.2. The molecule has 8 nitrogen and oxygen atoms in total. The molecule has 0 aliphatic heterocycles. The first-order valence-corrected chi connectivity index (χ1v) is 11.4. The molecule has 32 heavy (non-hydrogen) atoms. The van der Waals surface area contributed by atoms with Crippen molar-refractivity contribution in [3.63, 3.8) is 0 Å². The van der Waals surface area contributed by atoms with Gasteiger partial charge in [-0.2, -0.15) is 4.98 Å². The van der Waals surface area contributed by atoms with E-state index in [0.29, 0.717) is 31.6 Å². The maximum Gasteiger partial charge on any atom is 0.332 e. The van der Waals surface area contributed by atoms with Crippen molar-refractivity contribution in [2.75, 3.05) is 0 Å². The predicted molar refractivity (Wildman–Crippen MR) is 125 cm³/mol. The smallest absolute Gasteiger partial charge is 0.332 e. The summed E-state index contributed by atoms with van der Waals surface area (Å²) in [4.78, 5) is 37.4. The van der Waals surface area contributed by atoms with Crippen molar-refractivity contribution in [1.29, 1.82) is 0 Å². The van der Waals surface area contributed by atoms with E-state index in [1.807, 2.05) is 35.3 Å². The molecule has 0 radical (unpaired) electrons. The molecular formula is C23H27ClN6O2. The van der Waals surface area contributed by atoms with Gasteiger partial charge in [0.05, 0.1) is 12.0 Å². The normalized spacial score (nSPS) is 11.4. The lowest BCUT2D eigenvalue weighted by Gasteiger charge is -2.11. The second-order valence-corrected chi connectivity index (χ2v) is 8.31.